The molecular weight excluding hydrogens is 241 g/mol. The zero-order chi connectivity index (χ0) is 12.3. The van der Waals surface area contributed by atoms with Gasteiger partial charge in [0.05, 0.1) is 0 Å². The van der Waals surface area contributed by atoms with Crippen LogP contribution in [0.1, 0.15) is 18.4 Å². The van der Waals surface area contributed by atoms with Crippen LogP contribution in [0.2, 0.25) is 0 Å². The first-order chi connectivity index (χ1) is 8.05. The molecule has 1 unspecified atom stereocenters. The largest absolute Gasteiger partial charge is 0.306 e. The van der Waals surface area contributed by atoms with Crippen LogP contribution in [0.5, 0.6) is 0 Å². The van der Waals surface area contributed by atoms with Crippen molar-refractivity contribution in [2.75, 3.05) is 13.1 Å². The summed E-state index contributed by atoms with van der Waals surface area (Å²) in [5.74, 6) is 0. The Hall–Kier alpha value is -0.940. The van der Waals surface area contributed by atoms with E-state index in [-0.39, 0.29) is 0 Å². The predicted octanol–water partition coefficient (Wildman–Crippen LogP) is 1.95. The fraction of sp³-hybridized carbons (Fsp3) is 0.500. The van der Waals surface area contributed by atoms with Crippen molar-refractivity contribution in [1.29, 1.82) is 0 Å². The highest BCUT2D eigenvalue weighted by molar-refractivity contribution is 7.87. The number of piperidine rings is 1. The quantitative estimate of drug-likeness (QED) is 0.777. The third-order valence-electron chi connectivity index (χ3n) is 3.11. The number of likely N-dealkylation sites (tertiary alicyclic amines) is 1. The van der Waals surface area contributed by atoms with Gasteiger partial charge in [0.1, 0.15) is 5.25 Å². The van der Waals surface area contributed by atoms with Gasteiger partial charge in [-0.05, 0) is 24.9 Å². The fourth-order valence-corrected chi connectivity index (χ4v) is 3.07. The minimum absolute atomic E-state index is 0.299. The van der Waals surface area contributed by atoms with Crippen molar-refractivity contribution in [1.82, 2.24) is 4.90 Å². The van der Waals surface area contributed by atoms with Crippen molar-refractivity contribution in [3.05, 3.63) is 35.9 Å². The van der Waals surface area contributed by atoms with Gasteiger partial charge in [0.2, 0.25) is 0 Å². The zero-order valence-corrected chi connectivity index (χ0v) is 10.4. The molecule has 1 aliphatic rings. The van der Waals surface area contributed by atoms with Gasteiger partial charge in [-0.15, -0.1) is 3.89 Å². The van der Waals surface area contributed by atoms with Gasteiger partial charge in [-0.2, -0.15) is 8.42 Å². The van der Waals surface area contributed by atoms with Gasteiger partial charge < -0.3 is 0 Å². The summed E-state index contributed by atoms with van der Waals surface area (Å²) in [6.07, 6.45) is 1.17. The third kappa shape index (κ3) is 3.51. The van der Waals surface area contributed by atoms with Gasteiger partial charge in [0.15, 0.2) is 0 Å². The van der Waals surface area contributed by atoms with Gasteiger partial charge in [-0.25, -0.2) is 0 Å². The average molecular weight is 257 g/mol. The topological polar surface area (TPSA) is 37.4 Å². The van der Waals surface area contributed by atoms with E-state index >= 15 is 0 Å². The summed E-state index contributed by atoms with van der Waals surface area (Å²) in [5, 5.41) is -0.847. The SMILES string of the molecule is O=S(=O)(F)C1CCCN(Cc2ccccc2)C1. The van der Waals surface area contributed by atoms with Crippen LogP contribution in [-0.2, 0) is 16.8 Å². The van der Waals surface area contributed by atoms with E-state index < -0.39 is 15.5 Å². The molecule has 0 saturated carbocycles. The molecule has 1 saturated heterocycles. The molecule has 5 heteroatoms. The lowest BCUT2D eigenvalue weighted by atomic mass is 10.1. The molecule has 1 aliphatic heterocycles. The number of rotatable bonds is 3. The molecule has 1 aromatic carbocycles. The van der Waals surface area contributed by atoms with Crippen LogP contribution >= 0.6 is 0 Å². The van der Waals surface area contributed by atoms with Crippen LogP contribution in [-0.4, -0.2) is 31.7 Å². The average Bonchev–Trinajstić information content (AvgIpc) is 2.29. The molecule has 0 aromatic heterocycles. The van der Waals surface area contributed by atoms with Crippen molar-refractivity contribution in [2.24, 2.45) is 0 Å². The third-order valence-corrected chi connectivity index (χ3v) is 4.29. The molecule has 1 atom stereocenters. The van der Waals surface area contributed by atoms with Gasteiger partial charge in [0, 0.05) is 13.1 Å². The van der Waals surface area contributed by atoms with Crippen molar-refractivity contribution < 1.29 is 12.3 Å². The highest BCUT2D eigenvalue weighted by Gasteiger charge is 2.30. The van der Waals surface area contributed by atoms with Crippen molar-refractivity contribution in [3.8, 4) is 0 Å². The van der Waals surface area contributed by atoms with E-state index in [9.17, 15) is 12.3 Å². The lowest BCUT2D eigenvalue weighted by Crippen LogP contribution is -2.40. The van der Waals surface area contributed by atoms with E-state index in [1.54, 1.807) is 0 Å². The first-order valence-corrected chi connectivity index (χ1v) is 7.20. The highest BCUT2D eigenvalue weighted by atomic mass is 32.3. The molecule has 0 aliphatic carbocycles. The van der Waals surface area contributed by atoms with E-state index in [0.29, 0.717) is 19.5 Å². The number of hydrogen-bond donors (Lipinski definition) is 0. The van der Waals surface area contributed by atoms with Gasteiger partial charge in [0.25, 0.3) is 0 Å². The Labute approximate surface area is 101 Å². The van der Waals surface area contributed by atoms with Gasteiger partial charge >= 0.3 is 10.2 Å². The zero-order valence-electron chi connectivity index (χ0n) is 9.55. The maximum atomic E-state index is 12.9. The first kappa shape index (κ1) is 12.5. The molecule has 3 nitrogen and oxygen atoms in total. The molecule has 94 valence electrons. The molecule has 1 aromatic rings. The van der Waals surface area contributed by atoms with Crippen molar-refractivity contribution in [2.45, 2.75) is 24.6 Å². The summed E-state index contributed by atoms with van der Waals surface area (Å²) in [6, 6.07) is 9.82. The summed E-state index contributed by atoms with van der Waals surface area (Å²) in [4.78, 5) is 2.00. The number of nitrogens with zero attached hydrogens (tertiary/aromatic N) is 1. The molecule has 2 rings (SSSR count). The second kappa shape index (κ2) is 5.14. The van der Waals surface area contributed by atoms with Gasteiger partial charge in [-0.3, -0.25) is 4.90 Å². The maximum absolute atomic E-state index is 12.9. The Morgan fingerprint density at radius 2 is 2.00 bits per heavy atom. The first-order valence-electron chi connectivity index (χ1n) is 5.75. The summed E-state index contributed by atoms with van der Waals surface area (Å²) < 4.78 is 34.7. The molecule has 0 amide bonds. The Morgan fingerprint density at radius 3 is 2.65 bits per heavy atom. The lowest BCUT2D eigenvalue weighted by Gasteiger charge is -2.30. The Morgan fingerprint density at radius 1 is 1.29 bits per heavy atom. The van der Waals surface area contributed by atoms with Crippen LogP contribution < -0.4 is 0 Å². The van der Waals surface area contributed by atoms with Crippen molar-refractivity contribution >= 4 is 10.2 Å². The molecule has 0 radical (unpaired) electrons. The highest BCUT2D eigenvalue weighted by Crippen LogP contribution is 2.19. The number of benzene rings is 1. The standard InChI is InChI=1S/C12H16FNO2S/c13-17(15,16)12-7-4-8-14(10-12)9-11-5-2-1-3-6-11/h1-3,5-6,12H,4,7-10H2. The van der Waals surface area contributed by atoms with Crippen LogP contribution in [0.4, 0.5) is 3.89 Å². The second-order valence-electron chi connectivity index (χ2n) is 4.46. The monoisotopic (exact) mass is 257 g/mol. The summed E-state index contributed by atoms with van der Waals surface area (Å²) in [7, 11) is -4.39. The normalized spacial score (nSPS) is 22.5. The minimum Gasteiger partial charge on any atom is -0.298 e. The molecule has 0 spiro atoms. The Bertz CT molecular complexity index is 461. The summed E-state index contributed by atoms with van der Waals surface area (Å²) >= 11 is 0. The minimum atomic E-state index is -4.39. The fourth-order valence-electron chi connectivity index (χ4n) is 2.23. The Kier molecular flexibility index (Phi) is 3.79. The van der Waals surface area contributed by atoms with E-state index in [4.69, 9.17) is 0 Å². The molecule has 0 N–H and O–H groups in total. The van der Waals surface area contributed by atoms with E-state index in [0.717, 1.165) is 18.5 Å². The maximum Gasteiger partial charge on any atom is 0.306 e. The molecular formula is C12H16FNO2S. The van der Waals surface area contributed by atoms with E-state index in [2.05, 4.69) is 0 Å². The molecule has 1 heterocycles. The Balaban J connectivity index is 1.99. The predicted molar refractivity (Wildman–Crippen MR) is 64.8 cm³/mol. The lowest BCUT2D eigenvalue weighted by molar-refractivity contribution is 0.220. The van der Waals surface area contributed by atoms with Crippen LogP contribution in [0.15, 0.2) is 30.3 Å². The molecule has 1 fully saturated rings. The van der Waals surface area contributed by atoms with Crippen LogP contribution in [0, 0.1) is 0 Å². The van der Waals surface area contributed by atoms with E-state index in [1.807, 2.05) is 35.2 Å². The van der Waals surface area contributed by atoms with E-state index in [1.165, 1.54) is 0 Å². The number of hydrogen-bond acceptors (Lipinski definition) is 3. The van der Waals surface area contributed by atoms with Crippen molar-refractivity contribution in [3.63, 3.8) is 0 Å². The second-order valence-corrected chi connectivity index (χ2v) is 6.08. The molecule has 17 heavy (non-hydrogen) atoms. The smallest absolute Gasteiger partial charge is 0.298 e. The van der Waals surface area contributed by atoms with Gasteiger partial charge in [-0.1, -0.05) is 30.3 Å². The molecule has 0 bridgehead atoms. The summed E-state index contributed by atoms with van der Waals surface area (Å²) in [5.41, 5.74) is 1.13. The summed E-state index contributed by atoms with van der Waals surface area (Å²) in [6.45, 7) is 1.82. The van der Waals surface area contributed by atoms with Crippen LogP contribution in [0.3, 0.4) is 0 Å². The number of halogens is 1. The van der Waals surface area contributed by atoms with Crippen LogP contribution in [0.25, 0.3) is 0 Å².